The van der Waals surface area contributed by atoms with Crippen LogP contribution in [0.1, 0.15) is 39.7 Å². The Morgan fingerprint density at radius 2 is 1.69 bits per heavy atom. The molecule has 0 radical (unpaired) electrons. The second-order valence-electron chi connectivity index (χ2n) is 5.57. The SMILES string of the molecule is CC(C)(CC(C)(C)c1ccccc1)NC=O. The largest absolute Gasteiger partial charge is 0.354 e. The number of rotatable bonds is 5. The second-order valence-corrected chi connectivity index (χ2v) is 5.57. The smallest absolute Gasteiger partial charge is 0.207 e. The van der Waals surface area contributed by atoms with Gasteiger partial charge in [0.05, 0.1) is 0 Å². The molecule has 1 aromatic rings. The van der Waals surface area contributed by atoms with Gasteiger partial charge in [-0.2, -0.15) is 0 Å². The molecule has 0 saturated heterocycles. The van der Waals surface area contributed by atoms with E-state index in [0.717, 1.165) is 12.8 Å². The summed E-state index contributed by atoms with van der Waals surface area (Å²) in [7, 11) is 0. The Bertz CT molecular complexity index is 341. The zero-order valence-corrected chi connectivity index (χ0v) is 10.6. The molecular weight excluding hydrogens is 198 g/mol. The Kier molecular flexibility index (Phi) is 3.74. The van der Waals surface area contributed by atoms with E-state index < -0.39 is 0 Å². The highest BCUT2D eigenvalue weighted by Gasteiger charge is 2.29. The fraction of sp³-hybridized carbons (Fsp3) is 0.500. The number of benzene rings is 1. The summed E-state index contributed by atoms with van der Waals surface area (Å²) in [4.78, 5) is 10.5. The minimum absolute atomic E-state index is 0.0563. The molecular formula is C14H21NO. The predicted octanol–water partition coefficient (Wildman–Crippen LogP) is 2.88. The van der Waals surface area contributed by atoms with E-state index in [-0.39, 0.29) is 11.0 Å². The Balaban J connectivity index is 2.83. The summed E-state index contributed by atoms with van der Waals surface area (Å²) in [5.74, 6) is 0. The van der Waals surface area contributed by atoms with Crippen LogP contribution in [0, 0.1) is 0 Å². The molecule has 0 heterocycles. The van der Waals surface area contributed by atoms with Crippen molar-refractivity contribution in [2.45, 2.75) is 45.1 Å². The normalized spacial score (nSPS) is 12.2. The first-order valence-electron chi connectivity index (χ1n) is 5.64. The average molecular weight is 219 g/mol. The molecule has 0 saturated carbocycles. The van der Waals surface area contributed by atoms with E-state index in [9.17, 15) is 4.79 Å². The summed E-state index contributed by atoms with van der Waals surface area (Å²) in [6.07, 6.45) is 1.68. The Morgan fingerprint density at radius 1 is 1.12 bits per heavy atom. The molecule has 0 atom stereocenters. The van der Waals surface area contributed by atoms with Crippen molar-refractivity contribution < 1.29 is 4.79 Å². The molecule has 0 aliphatic rings. The minimum Gasteiger partial charge on any atom is -0.354 e. The second kappa shape index (κ2) is 4.69. The van der Waals surface area contributed by atoms with E-state index >= 15 is 0 Å². The summed E-state index contributed by atoms with van der Waals surface area (Å²) in [6, 6.07) is 10.4. The van der Waals surface area contributed by atoms with Crippen LogP contribution in [-0.4, -0.2) is 11.9 Å². The van der Waals surface area contributed by atoms with Crippen molar-refractivity contribution in [2.24, 2.45) is 0 Å². The van der Waals surface area contributed by atoms with Gasteiger partial charge in [0.15, 0.2) is 0 Å². The van der Waals surface area contributed by atoms with E-state index in [0.29, 0.717) is 0 Å². The summed E-state index contributed by atoms with van der Waals surface area (Å²) >= 11 is 0. The van der Waals surface area contributed by atoms with Crippen molar-refractivity contribution >= 4 is 6.41 Å². The third kappa shape index (κ3) is 3.37. The van der Waals surface area contributed by atoms with E-state index in [2.05, 4.69) is 43.4 Å². The summed E-state index contributed by atoms with van der Waals surface area (Å²) < 4.78 is 0. The van der Waals surface area contributed by atoms with Crippen molar-refractivity contribution in [1.29, 1.82) is 0 Å². The topological polar surface area (TPSA) is 29.1 Å². The maximum absolute atomic E-state index is 10.5. The number of nitrogens with one attached hydrogen (secondary N) is 1. The van der Waals surface area contributed by atoms with Crippen LogP contribution in [0.4, 0.5) is 0 Å². The molecule has 2 nitrogen and oxygen atoms in total. The van der Waals surface area contributed by atoms with Gasteiger partial charge in [-0.05, 0) is 31.2 Å². The van der Waals surface area contributed by atoms with Crippen molar-refractivity contribution in [3.05, 3.63) is 35.9 Å². The first kappa shape index (κ1) is 12.8. The molecule has 0 fully saturated rings. The van der Waals surface area contributed by atoms with Crippen molar-refractivity contribution in [3.8, 4) is 0 Å². The van der Waals surface area contributed by atoms with Crippen LogP contribution in [0.2, 0.25) is 0 Å². The zero-order valence-electron chi connectivity index (χ0n) is 10.6. The van der Waals surface area contributed by atoms with Crippen LogP contribution in [0.15, 0.2) is 30.3 Å². The van der Waals surface area contributed by atoms with Crippen LogP contribution >= 0.6 is 0 Å². The molecule has 0 aliphatic heterocycles. The number of carbonyl (C=O) groups is 1. The molecule has 1 N–H and O–H groups in total. The molecule has 0 aromatic heterocycles. The van der Waals surface area contributed by atoms with Gasteiger partial charge in [-0.3, -0.25) is 4.79 Å². The van der Waals surface area contributed by atoms with Crippen LogP contribution in [0.3, 0.4) is 0 Å². The number of hydrogen-bond donors (Lipinski definition) is 1. The fourth-order valence-electron chi connectivity index (χ4n) is 2.31. The third-order valence-electron chi connectivity index (χ3n) is 2.89. The highest BCUT2D eigenvalue weighted by atomic mass is 16.1. The predicted molar refractivity (Wildman–Crippen MR) is 67.4 cm³/mol. The van der Waals surface area contributed by atoms with Gasteiger partial charge in [0.1, 0.15) is 0 Å². The van der Waals surface area contributed by atoms with Gasteiger partial charge in [0.2, 0.25) is 6.41 Å². The summed E-state index contributed by atoms with van der Waals surface area (Å²) in [5, 5.41) is 2.87. The van der Waals surface area contributed by atoms with Crippen LogP contribution in [-0.2, 0) is 10.2 Å². The molecule has 88 valence electrons. The van der Waals surface area contributed by atoms with Crippen molar-refractivity contribution in [2.75, 3.05) is 0 Å². The Labute approximate surface area is 98.1 Å². The molecule has 1 aromatic carbocycles. The lowest BCUT2D eigenvalue weighted by atomic mass is 9.75. The first-order chi connectivity index (χ1) is 7.37. The van der Waals surface area contributed by atoms with E-state index in [4.69, 9.17) is 0 Å². The molecule has 2 heteroatoms. The maximum Gasteiger partial charge on any atom is 0.207 e. The van der Waals surface area contributed by atoms with Crippen LogP contribution < -0.4 is 5.32 Å². The zero-order chi connectivity index (χ0) is 12.2. The van der Waals surface area contributed by atoms with Gasteiger partial charge in [-0.1, -0.05) is 44.2 Å². The van der Waals surface area contributed by atoms with Gasteiger partial charge in [0.25, 0.3) is 0 Å². The minimum atomic E-state index is -0.179. The number of amides is 1. The van der Waals surface area contributed by atoms with E-state index in [1.165, 1.54) is 5.56 Å². The van der Waals surface area contributed by atoms with Crippen molar-refractivity contribution in [1.82, 2.24) is 5.32 Å². The van der Waals surface area contributed by atoms with Crippen molar-refractivity contribution in [3.63, 3.8) is 0 Å². The lowest BCUT2D eigenvalue weighted by Crippen LogP contribution is -2.43. The standard InChI is InChI=1S/C14H21NO/c1-13(2,10-14(3,4)15-11-16)12-8-6-5-7-9-12/h5-9,11H,10H2,1-4H3,(H,15,16). The maximum atomic E-state index is 10.5. The van der Waals surface area contributed by atoms with Gasteiger partial charge in [0, 0.05) is 5.54 Å². The lowest BCUT2D eigenvalue weighted by Gasteiger charge is -2.35. The highest BCUT2D eigenvalue weighted by molar-refractivity contribution is 5.47. The van der Waals surface area contributed by atoms with E-state index in [1.807, 2.05) is 19.9 Å². The molecule has 1 rings (SSSR count). The third-order valence-corrected chi connectivity index (χ3v) is 2.89. The fourth-order valence-corrected chi connectivity index (χ4v) is 2.31. The van der Waals surface area contributed by atoms with Crippen LogP contribution in [0.25, 0.3) is 0 Å². The lowest BCUT2D eigenvalue weighted by molar-refractivity contribution is -0.111. The molecule has 16 heavy (non-hydrogen) atoms. The first-order valence-corrected chi connectivity index (χ1v) is 5.64. The van der Waals surface area contributed by atoms with Crippen LogP contribution in [0.5, 0.6) is 0 Å². The average Bonchev–Trinajstić information content (AvgIpc) is 2.17. The Morgan fingerprint density at radius 3 is 2.19 bits per heavy atom. The van der Waals surface area contributed by atoms with Gasteiger partial charge >= 0.3 is 0 Å². The molecule has 0 unspecified atom stereocenters. The molecule has 1 amide bonds. The van der Waals surface area contributed by atoms with Gasteiger partial charge in [-0.25, -0.2) is 0 Å². The monoisotopic (exact) mass is 219 g/mol. The quantitative estimate of drug-likeness (QED) is 0.758. The highest BCUT2D eigenvalue weighted by Crippen LogP contribution is 2.31. The van der Waals surface area contributed by atoms with Gasteiger partial charge in [-0.15, -0.1) is 0 Å². The molecule has 0 bridgehead atoms. The molecule has 0 aliphatic carbocycles. The number of hydrogen-bond acceptors (Lipinski definition) is 1. The Hall–Kier alpha value is -1.31. The van der Waals surface area contributed by atoms with E-state index in [1.54, 1.807) is 0 Å². The molecule has 0 spiro atoms. The summed E-state index contributed by atoms with van der Waals surface area (Å²) in [6.45, 7) is 8.51. The summed E-state index contributed by atoms with van der Waals surface area (Å²) in [5.41, 5.74) is 1.18. The van der Waals surface area contributed by atoms with Gasteiger partial charge < -0.3 is 5.32 Å². The number of carbonyl (C=O) groups excluding carboxylic acids is 1.